The van der Waals surface area contributed by atoms with Crippen LogP contribution in [-0.2, 0) is 6.42 Å². The highest BCUT2D eigenvalue weighted by Gasteiger charge is 2.20. The predicted octanol–water partition coefficient (Wildman–Crippen LogP) is 2.06. The van der Waals surface area contributed by atoms with Crippen LogP contribution in [0.2, 0.25) is 0 Å². The van der Waals surface area contributed by atoms with Crippen LogP contribution in [0.1, 0.15) is 26.4 Å². The summed E-state index contributed by atoms with van der Waals surface area (Å²) < 4.78 is 5.67. The van der Waals surface area contributed by atoms with Crippen LogP contribution < -0.4 is 4.74 Å². The molecule has 2 aromatic rings. The van der Waals surface area contributed by atoms with Gasteiger partial charge < -0.3 is 14.9 Å². The number of thioether (sulfide) groups is 1. The fourth-order valence-electron chi connectivity index (χ4n) is 2.75. The Morgan fingerprint density at radius 3 is 2.79 bits per heavy atom. The summed E-state index contributed by atoms with van der Waals surface area (Å²) in [6.07, 6.45) is 3.43. The normalized spacial score (nSPS) is 16.4. The van der Waals surface area contributed by atoms with E-state index in [1.807, 2.05) is 11.8 Å². The summed E-state index contributed by atoms with van der Waals surface area (Å²) in [4.78, 5) is 27.5. The number of carbonyl (C=O) groups excluding carboxylic acids is 2. The molecule has 0 radical (unpaired) electrons. The second-order valence-electron chi connectivity index (χ2n) is 6.46. The maximum atomic E-state index is 10.9. The Balaban J connectivity index is 0.000000234. The van der Waals surface area contributed by atoms with Gasteiger partial charge in [0.25, 0.3) is 0 Å². The molecule has 1 aromatic carbocycles. The van der Waals surface area contributed by atoms with Gasteiger partial charge in [-0.05, 0) is 31.3 Å². The number of phenols is 1. The molecule has 1 aliphatic rings. The van der Waals surface area contributed by atoms with Crippen LogP contribution in [0.5, 0.6) is 11.5 Å². The van der Waals surface area contributed by atoms with Gasteiger partial charge in [0.2, 0.25) is 0 Å². The molecule has 7 nitrogen and oxygen atoms in total. The van der Waals surface area contributed by atoms with E-state index in [-0.39, 0.29) is 17.9 Å². The van der Waals surface area contributed by atoms with E-state index in [9.17, 15) is 14.7 Å². The van der Waals surface area contributed by atoms with Crippen LogP contribution in [0.25, 0.3) is 0 Å². The lowest BCUT2D eigenvalue weighted by molar-refractivity contribution is 0.110. The molecule has 8 heteroatoms. The number of ether oxygens (including phenoxy) is 1. The zero-order valence-corrected chi connectivity index (χ0v) is 17.2. The summed E-state index contributed by atoms with van der Waals surface area (Å²) in [6.45, 7) is 1.62. The number of aldehydes is 2. The van der Waals surface area contributed by atoms with Crippen molar-refractivity contribution in [1.29, 1.82) is 0 Å². The Kier molecular flexibility index (Phi) is 9.63. The molecule has 0 aliphatic carbocycles. The average molecular weight is 419 g/mol. The van der Waals surface area contributed by atoms with Gasteiger partial charge in [0.15, 0.2) is 12.6 Å². The van der Waals surface area contributed by atoms with E-state index in [0.717, 1.165) is 24.3 Å². The lowest BCUT2D eigenvalue weighted by atomic mass is 10.2. The third kappa shape index (κ3) is 6.85. The Labute approximate surface area is 174 Å². The minimum absolute atomic E-state index is 0.0256. The van der Waals surface area contributed by atoms with Gasteiger partial charge in [0.1, 0.15) is 18.1 Å². The molecule has 0 bridgehead atoms. The number of carbonyl (C=O) groups is 2. The van der Waals surface area contributed by atoms with Crippen molar-refractivity contribution in [1.82, 2.24) is 9.88 Å². The second-order valence-corrected chi connectivity index (χ2v) is 7.61. The van der Waals surface area contributed by atoms with Crippen molar-refractivity contribution in [3.05, 3.63) is 53.3 Å². The number of hydrogen-bond acceptors (Lipinski definition) is 8. The van der Waals surface area contributed by atoms with E-state index in [0.29, 0.717) is 42.4 Å². The van der Waals surface area contributed by atoms with Crippen LogP contribution >= 0.6 is 11.8 Å². The van der Waals surface area contributed by atoms with E-state index in [1.165, 1.54) is 6.07 Å². The monoisotopic (exact) mass is 418 g/mol. The Morgan fingerprint density at radius 2 is 2.10 bits per heavy atom. The molecule has 0 saturated carbocycles. The van der Waals surface area contributed by atoms with Gasteiger partial charge in [-0.3, -0.25) is 19.5 Å². The molecule has 1 aromatic heterocycles. The van der Waals surface area contributed by atoms with E-state index in [1.54, 1.807) is 30.5 Å². The van der Waals surface area contributed by atoms with Crippen LogP contribution in [0, 0.1) is 0 Å². The largest absolute Gasteiger partial charge is 0.507 e. The van der Waals surface area contributed by atoms with Crippen molar-refractivity contribution >= 4 is 24.3 Å². The van der Waals surface area contributed by atoms with Crippen molar-refractivity contribution < 1.29 is 24.5 Å². The third-order valence-electron chi connectivity index (χ3n) is 4.52. The maximum absolute atomic E-state index is 10.9. The molecule has 1 atom stereocenters. The SMILES string of the molecule is CN1CCSCC1COc1cccc(O)c1C=O.O=Cc1cccnc1CCO. The predicted molar refractivity (Wildman–Crippen MR) is 113 cm³/mol. The molecule has 1 fully saturated rings. The summed E-state index contributed by atoms with van der Waals surface area (Å²) in [6, 6.07) is 8.61. The summed E-state index contributed by atoms with van der Waals surface area (Å²) >= 11 is 1.91. The zero-order chi connectivity index (χ0) is 21.1. The highest BCUT2D eigenvalue weighted by molar-refractivity contribution is 7.99. The molecule has 1 saturated heterocycles. The van der Waals surface area contributed by atoms with Gasteiger partial charge >= 0.3 is 0 Å². The van der Waals surface area contributed by atoms with Gasteiger partial charge in [-0.1, -0.05) is 6.07 Å². The maximum Gasteiger partial charge on any atom is 0.157 e. The van der Waals surface area contributed by atoms with Crippen LogP contribution in [0.3, 0.4) is 0 Å². The van der Waals surface area contributed by atoms with Gasteiger partial charge in [0, 0.05) is 42.8 Å². The number of phenolic OH excluding ortho intramolecular Hbond substituents is 1. The summed E-state index contributed by atoms with van der Waals surface area (Å²) in [7, 11) is 2.08. The summed E-state index contributed by atoms with van der Waals surface area (Å²) in [5.41, 5.74) is 1.44. The number of aliphatic hydroxyl groups is 1. The first-order valence-electron chi connectivity index (χ1n) is 9.28. The standard InChI is InChI=1S/C13H17NO3S.C8H9NO2/c1-14-5-6-18-9-10(14)8-17-13-4-2-3-12(16)11(13)7-15;10-5-3-8-7(6-11)2-1-4-9-8/h2-4,7,10,16H,5-6,8-9H2,1H3;1-2,4,6,10H,3,5H2. The number of likely N-dealkylation sites (N-methyl/N-ethyl adjacent to an activating group) is 1. The first kappa shape index (κ1) is 22.9. The number of nitrogens with zero attached hydrogens (tertiary/aromatic N) is 2. The first-order valence-corrected chi connectivity index (χ1v) is 10.4. The molecular formula is C21H26N2O5S. The number of aliphatic hydroxyl groups excluding tert-OH is 1. The molecule has 29 heavy (non-hydrogen) atoms. The van der Waals surface area contributed by atoms with E-state index in [2.05, 4.69) is 16.9 Å². The number of hydrogen-bond donors (Lipinski definition) is 2. The van der Waals surface area contributed by atoms with Crippen molar-refractivity contribution in [2.45, 2.75) is 12.5 Å². The van der Waals surface area contributed by atoms with E-state index in [4.69, 9.17) is 9.84 Å². The molecular weight excluding hydrogens is 392 g/mol. The number of benzene rings is 1. The fourth-order valence-corrected chi connectivity index (χ4v) is 3.95. The van der Waals surface area contributed by atoms with Gasteiger partial charge in [0.05, 0.1) is 17.3 Å². The fraction of sp³-hybridized carbons (Fsp3) is 0.381. The second kappa shape index (κ2) is 12.2. The number of rotatable bonds is 7. The van der Waals surface area contributed by atoms with Crippen LogP contribution in [0.4, 0.5) is 0 Å². The topological polar surface area (TPSA) is 100.0 Å². The Morgan fingerprint density at radius 1 is 1.28 bits per heavy atom. The molecule has 3 rings (SSSR count). The third-order valence-corrected chi connectivity index (χ3v) is 5.61. The quantitative estimate of drug-likeness (QED) is 0.659. The smallest absolute Gasteiger partial charge is 0.157 e. The zero-order valence-electron chi connectivity index (χ0n) is 16.4. The van der Waals surface area contributed by atoms with Gasteiger partial charge in [-0.15, -0.1) is 0 Å². The first-order chi connectivity index (χ1) is 14.1. The Hall–Kier alpha value is -2.42. The molecule has 1 aliphatic heterocycles. The van der Waals surface area contributed by atoms with Crippen LogP contribution in [0.15, 0.2) is 36.5 Å². The van der Waals surface area contributed by atoms with Crippen LogP contribution in [-0.4, -0.2) is 77.0 Å². The van der Waals surface area contributed by atoms with Crippen molar-refractivity contribution in [2.75, 3.05) is 38.3 Å². The molecule has 0 spiro atoms. The molecule has 1 unspecified atom stereocenters. The highest BCUT2D eigenvalue weighted by Crippen LogP contribution is 2.26. The van der Waals surface area contributed by atoms with Crippen molar-refractivity contribution in [3.63, 3.8) is 0 Å². The number of pyridine rings is 1. The van der Waals surface area contributed by atoms with Crippen molar-refractivity contribution in [2.24, 2.45) is 0 Å². The molecule has 156 valence electrons. The van der Waals surface area contributed by atoms with E-state index < -0.39 is 0 Å². The highest BCUT2D eigenvalue weighted by atomic mass is 32.2. The lowest BCUT2D eigenvalue weighted by Crippen LogP contribution is -2.43. The van der Waals surface area contributed by atoms with E-state index >= 15 is 0 Å². The Bertz CT molecular complexity index is 802. The average Bonchev–Trinajstić information content (AvgIpc) is 2.74. The minimum Gasteiger partial charge on any atom is -0.507 e. The number of aromatic nitrogens is 1. The van der Waals surface area contributed by atoms with Crippen molar-refractivity contribution in [3.8, 4) is 11.5 Å². The molecule has 0 amide bonds. The van der Waals surface area contributed by atoms with Gasteiger partial charge in [-0.25, -0.2) is 0 Å². The summed E-state index contributed by atoms with van der Waals surface area (Å²) in [5, 5.41) is 18.1. The minimum atomic E-state index is -0.0335. The summed E-state index contributed by atoms with van der Waals surface area (Å²) in [5.74, 6) is 2.60. The van der Waals surface area contributed by atoms with Gasteiger partial charge in [-0.2, -0.15) is 11.8 Å². The lowest BCUT2D eigenvalue weighted by Gasteiger charge is -2.31. The molecule has 2 N–H and O–H groups in total. The molecule has 2 heterocycles. The number of aromatic hydroxyl groups is 1.